The van der Waals surface area contributed by atoms with E-state index in [4.69, 9.17) is 16.3 Å². The van der Waals surface area contributed by atoms with Crippen molar-refractivity contribution < 1.29 is 28.5 Å². The predicted octanol–water partition coefficient (Wildman–Crippen LogP) is 5.84. The first-order valence-electron chi connectivity index (χ1n) is 13.0. The zero-order chi connectivity index (χ0) is 28.5. The quantitative estimate of drug-likeness (QED) is 0.361. The van der Waals surface area contributed by atoms with Gasteiger partial charge in [0.1, 0.15) is 5.75 Å². The minimum atomic E-state index is -3.08. The second kappa shape index (κ2) is 11.5. The normalized spacial score (nSPS) is 20.6. The molecular formula is C28H40ClF2N3O4. The van der Waals surface area contributed by atoms with Crippen LogP contribution in [0.15, 0.2) is 18.2 Å². The molecule has 0 radical (unpaired) electrons. The molecule has 3 rings (SSSR count). The summed E-state index contributed by atoms with van der Waals surface area (Å²) in [7, 11) is 0. The smallest absolute Gasteiger partial charge is 0.387 e. The Morgan fingerprint density at radius 3 is 2.45 bits per heavy atom. The highest BCUT2D eigenvalue weighted by Gasteiger charge is 2.34. The van der Waals surface area contributed by atoms with Crippen molar-refractivity contribution >= 4 is 17.5 Å². The summed E-state index contributed by atoms with van der Waals surface area (Å²) in [5.41, 5.74) is -1.26. The number of carbonyl (C=O) groups is 1. The number of aliphatic hydroxyl groups is 2. The van der Waals surface area contributed by atoms with Gasteiger partial charge in [-0.1, -0.05) is 45.4 Å². The molecule has 0 atom stereocenters. The zero-order valence-electron chi connectivity index (χ0n) is 23.1. The molecular weight excluding hydrogens is 516 g/mol. The fourth-order valence-electron chi connectivity index (χ4n) is 4.81. The first-order valence-corrected chi connectivity index (χ1v) is 13.4. The highest BCUT2D eigenvalue weighted by atomic mass is 35.5. The lowest BCUT2D eigenvalue weighted by molar-refractivity contribution is -0.0495. The van der Waals surface area contributed by atoms with E-state index in [0.717, 1.165) is 18.4 Å². The molecule has 1 amide bonds. The van der Waals surface area contributed by atoms with Crippen LogP contribution in [0.4, 0.5) is 8.78 Å². The summed E-state index contributed by atoms with van der Waals surface area (Å²) in [5.74, 6) is -0.170. The van der Waals surface area contributed by atoms with E-state index in [0.29, 0.717) is 25.2 Å². The standard InChI is InChI=1S/C28H40ClF2N3O4/c1-17-9-11-28(37,12-10-17)15-32-24(35)22-21(29)23(34(33-22)16-27(5,6)36)19-8-7-18(14-26(2,3)4)13-20(19)38-25(30)31/h7-8,13,17,25,36-37H,9-12,14-16H2,1-6H3,(H,32,35). The molecule has 0 spiro atoms. The summed E-state index contributed by atoms with van der Waals surface area (Å²) in [6.45, 7) is 8.29. The van der Waals surface area contributed by atoms with E-state index in [9.17, 15) is 23.8 Å². The van der Waals surface area contributed by atoms with Crippen LogP contribution in [0.3, 0.4) is 0 Å². The number of carbonyl (C=O) groups excluding carboxylic acids is 1. The van der Waals surface area contributed by atoms with Crippen molar-refractivity contribution in [3.63, 3.8) is 0 Å². The fourth-order valence-corrected chi connectivity index (χ4v) is 5.13. The number of ether oxygens (including phenoxy) is 1. The average molecular weight is 556 g/mol. The highest BCUT2D eigenvalue weighted by Crippen LogP contribution is 2.40. The van der Waals surface area contributed by atoms with Gasteiger partial charge in [-0.2, -0.15) is 13.9 Å². The van der Waals surface area contributed by atoms with E-state index in [1.54, 1.807) is 32.0 Å². The minimum Gasteiger partial charge on any atom is -0.434 e. The third-order valence-corrected chi connectivity index (χ3v) is 7.04. The van der Waals surface area contributed by atoms with Crippen molar-refractivity contribution in [1.82, 2.24) is 15.1 Å². The minimum absolute atomic E-state index is 0.0454. The molecule has 38 heavy (non-hydrogen) atoms. The zero-order valence-corrected chi connectivity index (χ0v) is 23.8. The van der Waals surface area contributed by atoms with Gasteiger partial charge < -0.3 is 20.3 Å². The van der Waals surface area contributed by atoms with Crippen LogP contribution < -0.4 is 10.1 Å². The van der Waals surface area contributed by atoms with Crippen molar-refractivity contribution in [3.05, 3.63) is 34.5 Å². The third kappa shape index (κ3) is 8.13. The van der Waals surface area contributed by atoms with Gasteiger partial charge in [-0.15, -0.1) is 0 Å². The molecule has 10 heteroatoms. The molecule has 2 aromatic rings. The number of hydrogen-bond acceptors (Lipinski definition) is 5. The number of hydrogen-bond donors (Lipinski definition) is 3. The molecule has 3 N–H and O–H groups in total. The van der Waals surface area contributed by atoms with Crippen molar-refractivity contribution in [2.75, 3.05) is 6.54 Å². The third-order valence-electron chi connectivity index (χ3n) is 6.68. The first kappa shape index (κ1) is 30.3. The molecule has 1 aromatic heterocycles. The lowest BCUT2D eigenvalue weighted by atomic mass is 9.79. The molecule has 1 saturated carbocycles. The number of amides is 1. The van der Waals surface area contributed by atoms with E-state index < -0.39 is 23.7 Å². The van der Waals surface area contributed by atoms with Gasteiger partial charge in [0.05, 0.1) is 28.5 Å². The van der Waals surface area contributed by atoms with E-state index in [1.165, 1.54) is 4.68 Å². The summed E-state index contributed by atoms with van der Waals surface area (Å²) in [4.78, 5) is 13.2. The van der Waals surface area contributed by atoms with Gasteiger partial charge in [0, 0.05) is 12.1 Å². The van der Waals surface area contributed by atoms with Crippen LogP contribution in [-0.4, -0.2) is 50.3 Å². The van der Waals surface area contributed by atoms with Gasteiger partial charge in [-0.05, 0) is 75.0 Å². The first-order chi connectivity index (χ1) is 17.5. The number of aromatic nitrogens is 2. The van der Waals surface area contributed by atoms with Gasteiger partial charge in [0.2, 0.25) is 0 Å². The fraction of sp³-hybridized carbons (Fsp3) is 0.643. The molecule has 0 aliphatic heterocycles. The second-order valence-corrected chi connectivity index (χ2v) is 12.9. The van der Waals surface area contributed by atoms with E-state index in [2.05, 4.69) is 17.3 Å². The Morgan fingerprint density at radius 1 is 1.26 bits per heavy atom. The Labute approximate surface area is 228 Å². The number of benzene rings is 1. The largest absolute Gasteiger partial charge is 0.434 e. The number of alkyl halides is 2. The monoisotopic (exact) mass is 555 g/mol. The van der Waals surface area contributed by atoms with Gasteiger partial charge in [0.25, 0.3) is 5.91 Å². The van der Waals surface area contributed by atoms with Crippen LogP contribution in [0.5, 0.6) is 5.75 Å². The maximum atomic E-state index is 13.4. The number of nitrogens with one attached hydrogen (secondary N) is 1. The van der Waals surface area contributed by atoms with Crippen LogP contribution in [0.25, 0.3) is 11.3 Å². The Hall–Kier alpha value is -2.23. The SMILES string of the molecule is CC1CCC(O)(CNC(=O)c2nn(CC(C)(C)O)c(-c3ccc(CC(C)(C)C)cc3OC(F)F)c2Cl)CC1. The van der Waals surface area contributed by atoms with Crippen LogP contribution in [0.2, 0.25) is 5.02 Å². The van der Waals surface area contributed by atoms with E-state index in [-0.39, 0.29) is 46.2 Å². The summed E-state index contributed by atoms with van der Waals surface area (Å²) in [6, 6.07) is 4.97. The van der Waals surface area contributed by atoms with Crippen molar-refractivity contribution in [2.24, 2.45) is 11.3 Å². The van der Waals surface area contributed by atoms with Gasteiger partial charge in [-0.3, -0.25) is 9.48 Å². The van der Waals surface area contributed by atoms with Crippen molar-refractivity contribution in [2.45, 2.75) is 98.0 Å². The second-order valence-electron chi connectivity index (χ2n) is 12.5. The van der Waals surface area contributed by atoms with Crippen LogP contribution in [0.1, 0.15) is 83.3 Å². The molecule has 0 saturated heterocycles. The summed E-state index contributed by atoms with van der Waals surface area (Å²) in [6.07, 6.45) is 3.52. The van der Waals surface area contributed by atoms with Crippen LogP contribution in [0, 0.1) is 11.3 Å². The molecule has 212 valence electrons. The van der Waals surface area contributed by atoms with E-state index >= 15 is 0 Å². The predicted molar refractivity (Wildman–Crippen MR) is 144 cm³/mol. The van der Waals surface area contributed by atoms with Crippen molar-refractivity contribution in [1.29, 1.82) is 0 Å². The van der Waals surface area contributed by atoms with Crippen LogP contribution >= 0.6 is 11.6 Å². The van der Waals surface area contributed by atoms with Crippen molar-refractivity contribution in [3.8, 4) is 17.0 Å². The Bertz CT molecular complexity index is 1130. The molecule has 0 unspecified atom stereocenters. The topological polar surface area (TPSA) is 96.6 Å². The summed E-state index contributed by atoms with van der Waals surface area (Å²) in [5, 5.41) is 28.4. The molecule has 1 aromatic carbocycles. The van der Waals surface area contributed by atoms with Gasteiger partial charge in [-0.25, -0.2) is 0 Å². The molecule has 1 fully saturated rings. The van der Waals surface area contributed by atoms with E-state index in [1.807, 2.05) is 20.8 Å². The lowest BCUT2D eigenvalue weighted by Crippen LogP contribution is -2.45. The molecule has 1 aliphatic rings. The number of rotatable bonds is 9. The number of halogens is 3. The maximum Gasteiger partial charge on any atom is 0.387 e. The van der Waals surface area contributed by atoms with Gasteiger partial charge >= 0.3 is 6.61 Å². The molecule has 1 aliphatic carbocycles. The Balaban J connectivity index is 2.01. The van der Waals surface area contributed by atoms with Gasteiger partial charge in [0.15, 0.2) is 5.69 Å². The highest BCUT2D eigenvalue weighted by molar-refractivity contribution is 6.36. The molecule has 7 nitrogen and oxygen atoms in total. The molecule has 1 heterocycles. The lowest BCUT2D eigenvalue weighted by Gasteiger charge is -2.34. The summed E-state index contributed by atoms with van der Waals surface area (Å²) >= 11 is 6.69. The summed E-state index contributed by atoms with van der Waals surface area (Å²) < 4.78 is 33.1. The number of nitrogens with zero attached hydrogens (tertiary/aromatic N) is 2. The maximum absolute atomic E-state index is 13.4. The average Bonchev–Trinajstić information content (AvgIpc) is 3.07. The van der Waals surface area contributed by atoms with Crippen LogP contribution in [-0.2, 0) is 13.0 Å². The Morgan fingerprint density at radius 2 is 1.89 bits per heavy atom. The molecule has 0 bridgehead atoms. The Kier molecular flexibility index (Phi) is 9.16.